The van der Waals surface area contributed by atoms with Crippen LogP contribution in [0.4, 0.5) is 0 Å². The van der Waals surface area contributed by atoms with E-state index in [1.807, 2.05) is 4.90 Å². The second kappa shape index (κ2) is 4.07. The van der Waals surface area contributed by atoms with Crippen LogP contribution in [0.25, 0.3) is 0 Å². The Hall–Kier alpha value is -0.610. The monoisotopic (exact) mass is 183 g/mol. The van der Waals surface area contributed by atoms with E-state index in [-0.39, 0.29) is 0 Å². The molecule has 0 spiro atoms. The molecule has 1 amide bonds. The summed E-state index contributed by atoms with van der Waals surface area (Å²) in [5, 5.41) is 3.28. The number of rotatable bonds is 2. The van der Waals surface area contributed by atoms with Crippen LogP contribution in [0.2, 0.25) is 0 Å². The van der Waals surface area contributed by atoms with Gasteiger partial charge in [0.2, 0.25) is 5.91 Å². The van der Waals surface area contributed by atoms with Gasteiger partial charge in [0.25, 0.3) is 0 Å². The lowest BCUT2D eigenvalue weighted by atomic mass is 10.2. The van der Waals surface area contributed by atoms with Crippen LogP contribution in [0.5, 0.6) is 0 Å². The quantitative estimate of drug-likeness (QED) is 0.604. The van der Waals surface area contributed by atoms with Crippen LogP contribution in [-0.4, -0.2) is 61.5 Å². The van der Waals surface area contributed by atoms with Crippen LogP contribution in [0, 0.1) is 0 Å². The van der Waals surface area contributed by atoms with Crippen LogP contribution in [0.15, 0.2) is 0 Å². The highest BCUT2D eigenvalue weighted by molar-refractivity contribution is 5.78. The van der Waals surface area contributed by atoms with Crippen molar-refractivity contribution < 1.29 is 4.79 Å². The molecule has 0 aliphatic carbocycles. The molecule has 2 fully saturated rings. The highest BCUT2D eigenvalue weighted by Gasteiger charge is 2.22. The number of amides is 1. The lowest BCUT2D eigenvalue weighted by Gasteiger charge is -2.34. The number of piperazine rings is 1. The molecule has 0 radical (unpaired) electrons. The number of carbonyl (C=O) groups is 1. The van der Waals surface area contributed by atoms with E-state index in [2.05, 4.69) is 10.2 Å². The van der Waals surface area contributed by atoms with Crippen molar-refractivity contribution in [1.82, 2.24) is 15.1 Å². The Labute approximate surface area is 78.9 Å². The van der Waals surface area contributed by atoms with Crippen LogP contribution < -0.4 is 5.32 Å². The molecule has 0 aromatic carbocycles. The fourth-order valence-electron chi connectivity index (χ4n) is 1.73. The van der Waals surface area contributed by atoms with Gasteiger partial charge in [0.05, 0.1) is 6.54 Å². The van der Waals surface area contributed by atoms with E-state index in [9.17, 15) is 4.79 Å². The standard InChI is InChI=1S/C9H17N3O/c13-9(12-4-1-5-12)8-11-6-2-10-3-7-11/h10H,1-8H2. The number of likely N-dealkylation sites (tertiary alicyclic amines) is 1. The van der Waals surface area contributed by atoms with E-state index in [0.29, 0.717) is 12.5 Å². The van der Waals surface area contributed by atoms with E-state index < -0.39 is 0 Å². The van der Waals surface area contributed by atoms with Gasteiger partial charge in [0.1, 0.15) is 0 Å². The molecule has 2 aliphatic rings. The molecule has 0 bridgehead atoms. The zero-order chi connectivity index (χ0) is 9.10. The Bertz CT molecular complexity index is 185. The molecule has 0 unspecified atom stereocenters. The van der Waals surface area contributed by atoms with Gasteiger partial charge < -0.3 is 10.2 Å². The smallest absolute Gasteiger partial charge is 0.236 e. The van der Waals surface area contributed by atoms with Gasteiger partial charge in [0, 0.05) is 39.3 Å². The minimum Gasteiger partial charge on any atom is -0.341 e. The van der Waals surface area contributed by atoms with Gasteiger partial charge in [0.15, 0.2) is 0 Å². The second-order valence-corrected chi connectivity index (χ2v) is 3.76. The van der Waals surface area contributed by atoms with Gasteiger partial charge >= 0.3 is 0 Å². The van der Waals surface area contributed by atoms with Crippen LogP contribution in [0.3, 0.4) is 0 Å². The molecule has 13 heavy (non-hydrogen) atoms. The fraction of sp³-hybridized carbons (Fsp3) is 0.889. The van der Waals surface area contributed by atoms with Crippen LogP contribution >= 0.6 is 0 Å². The lowest BCUT2D eigenvalue weighted by Crippen LogP contribution is -2.51. The molecule has 1 N–H and O–H groups in total. The first-order chi connectivity index (χ1) is 6.36. The molecule has 0 atom stereocenters. The van der Waals surface area contributed by atoms with E-state index in [4.69, 9.17) is 0 Å². The zero-order valence-electron chi connectivity index (χ0n) is 7.96. The summed E-state index contributed by atoms with van der Waals surface area (Å²) in [6.07, 6.45) is 1.19. The SMILES string of the molecule is O=C(CN1CCNCC1)N1CCC1. The highest BCUT2D eigenvalue weighted by atomic mass is 16.2. The Balaban J connectivity index is 1.72. The number of nitrogens with one attached hydrogen (secondary N) is 1. The molecule has 0 saturated carbocycles. The maximum Gasteiger partial charge on any atom is 0.236 e. The second-order valence-electron chi connectivity index (χ2n) is 3.76. The first-order valence-electron chi connectivity index (χ1n) is 5.07. The topological polar surface area (TPSA) is 35.6 Å². The van der Waals surface area contributed by atoms with Crippen molar-refractivity contribution in [2.45, 2.75) is 6.42 Å². The molecule has 74 valence electrons. The van der Waals surface area contributed by atoms with Gasteiger partial charge in [-0.05, 0) is 6.42 Å². The third-order valence-corrected chi connectivity index (χ3v) is 2.78. The summed E-state index contributed by atoms with van der Waals surface area (Å²) in [5.41, 5.74) is 0. The minimum absolute atomic E-state index is 0.313. The Morgan fingerprint density at radius 3 is 2.38 bits per heavy atom. The zero-order valence-corrected chi connectivity index (χ0v) is 7.96. The van der Waals surface area contributed by atoms with Gasteiger partial charge in [-0.3, -0.25) is 9.69 Å². The summed E-state index contributed by atoms with van der Waals surface area (Å²) < 4.78 is 0. The van der Waals surface area contributed by atoms with Crippen molar-refractivity contribution in [3.63, 3.8) is 0 Å². The molecule has 2 heterocycles. The summed E-state index contributed by atoms with van der Waals surface area (Å²) in [5.74, 6) is 0.313. The highest BCUT2D eigenvalue weighted by Crippen LogP contribution is 2.06. The first-order valence-corrected chi connectivity index (χ1v) is 5.07. The lowest BCUT2D eigenvalue weighted by molar-refractivity contribution is -0.135. The normalized spacial score (nSPS) is 24.2. The molecular weight excluding hydrogens is 166 g/mol. The molecule has 0 aromatic heterocycles. The van der Waals surface area contributed by atoms with Crippen molar-refractivity contribution >= 4 is 5.91 Å². The predicted molar refractivity (Wildman–Crippen MR) is 50.5 cm³/mol. The molecule has 4 nitrogen and oxygen atoms in total. The fourth-order valence-corrected chi connectivity index (χ4v) is 1.73. The Kier molecular flexibility index (Phi) is 2.80. The van der Waals surface area contributed by atoms with Crippen molar-refractivity contribution in [3.8, 4) is 0 Å². The van der Waals surface area contributed by atoms with E-state index in [0.717, 1.165) is 39.3 Å². The average molecular weight is 183 g/mol. The number of nitrogens with zero attached hydrogens (tertiary/aromatic N) is 2. The summed E-state index contributed by atoms with van der Waals surface area (Å²) in [7, 11) is 0. The summed E-state index contributed by atoms with van der Waals surface area (Å²) in [4.78, 5) is 15.7. The van der Waals surface area contributed by atoms with Gasteiger partial charge in [-0.25, -0.2) is 0 Å². The molecular formula is C9H17N3O. The molecule has 2 aliphatic heterocycles. The van der Waals surface area contributed by atoms with E-state index >= 15 is 0 Å². The van der Waals surface area contributed by atoms with Crippen molar-refractivity contribution in [1.29, 1.82) is 0 Å². The number of hydrogen-bond donors (Lipinski definition) is 1. The Morgan fingerprint density at radius 2 is 1.85 bits per heavy atom. The third-order valence-electron chi connectivity index (χ3n) is 2.78. The number of carbonyl (C=O) groups excluding carboxylic acids is 1. The van der Waals surface area contributed by atoms with Crippen LogP contribution in [-0.2, 0) is 4.79 Å². The minimum atomic E-state index is 0.313. The van der Waals surface area contributed by atoms with E-state index in [1.165, 1.54) is 6.42 Å². The molecule has 2 rings (SSSR count). The maximum absolute atomic E-state index is 11.6. The summed E-state index contributed by atoms with van der Waals surface area (Å²) in [6.45, 7) is 6.65. The van der Waals surface area contributed by atoms with Crippen molar-refractivity contribution in [3.05, 3.63) is 0 Å². The van der Waals surface area contributed by atoms with Crippen molar-refractivity contribution in [2.75, 3.05) is 45.8 Å². The van der Waals surface area contributed by atoms with Gasteiger partial charge in [-0.2, -0.15) is 0 Å². The first kappa shape index (κ1) is 8.97. The maximum atomic E-state index is 11.6. The van der Waals surface area contributed by atoms with Crippen molar-refractivity contribution in [2.24, 2.45) is 0 Å². The molecule has 0 aromatic rings. The number of hydrogen-bond acceptors (Lipinski definition) is 3. The van der Waals surface area contributed by atoms with Gasteiger partial charge in [-0.15, -0.1) is 0 Å². The largest absolute Gasteiger partial charge is 0.341 e. The Morgan fingerprint density at radius 1 is 1.15 bits per heavy atom. The predicted octanol–water partition coefficient (Wildman–Crippen LogP) is -0.876. The average Bonchev–Trinajstić information content (AvgIpc) is 2.02. The summed E-state index contributed by atoms with van der Waals surface area (Å²) >= 11 is 0. The summed E-state index contributed by atoms with van der Waals surface area (Å²) in [6, 6.07) is 0. The molecule has 2 saturated heterocycles. The van der Waals surface area contributed by atoms with E-state index in [1.54, 1.807) is 0 Å². The molecule has 4 heteroatoms. The van der Waals surface area contributed by atoms with Crippen LogP contribution in [0.1, 0.15) is 6.42 Å². The third kappa shape index (κ3) is 2.19. The van der Waals surface area contributed by atoms with Gasteiger partial charge in [-0.1, -0.05) is 0 Å².